The lowest BCUT2D eigenvalue weighted by Crippen LogP contribution is -2.18. The number of nitrogens with one attached hydrogen (secondary N) is 1. The van der Waals surface area contributed by atoms with Crippen LogP contribution < -0.4 is 10.1 Å². The fourth-order valence-corrected chi connectivity index (χ4v) is 1.43. The summed E-state index contributed by atoms with van der Waals surface area (Å²) < 4.78 is 23.3. The zero-order chi connectivity index (χ0) is 12.1. The van der Waals surface area contributed by atoms with Crippen LogP contribution in [0, 0.1) is 5.82 Å². The molecule has 1 aromatic rings. The average molecular weight is 243 g/mol. The second kappa shape index (κ2) is 5.65. The van der Waals surface area contributed by atoms with E-state index in [1.165, 1.54) is 25.3 Å². The summed E-state index contributed by atoms with van der Waals surface area (Å²) in [4.78, 5) is 0. The minimum absolute atomic E-state index is 0.0282. The van der Waals surface area contributed by atoms with Crippen molar-refractivity contribution in [3.8, 4) is 5.75 Å². The van der Waals surface area contributed by atoms with E-state index < -0.39 is 0 Å². The van der Waals surface area contributed by atoms with Crippen LogP contribution in [0.1, 0.15) is 13.8 Å². The van der Waals surface area contributed by atoms with Crippen molar-refractivity contribution >= 4 is 23.1 Å². The molecule has 1 aromatic carbocycles. The van der Waals surface area contributed by atoms with Crippen molar-refractivity contribution in [2.45, 2.75) is 20.0 Å². The van der Waals surface area contributed by atoms with E-state index in [2.05, 4.69) is 5.32 Å². The van der Waals surface area contributed by atoms with E-state index in [1.54, 1.807) is 0 Å². The average Bonchev–Trinajstić information content (AvgIpc) is 2.16. The van der Waals surface area contributed by atoms with E-state index in [0.29, 0.717) is 11.4 Å². The fourth-order valence-electron chi connectivity index (χ4n) is 1.13. The number of anilines is 1. The predicted octanol–water partition coefficient (Wildman–Crippen LogP) is 2.96. The third kappa shape index (κ3) is 3.66. The number of rotatable bonds is 3. The lowest BCUT2D eigenvalue weighted by Gasteiger charge is -2.14. The molecular weight excluding hydrogens is 229 g/mol. The molecule has 0 atom stereocenters. The van der Waals surface area contributed by atoms with Crippen molar-refractivity contribution < 1.29 is 13.9 Å². The maximum Gasteiger partial charge on any atom is 0.261 e. The summed E-state index contributed by atoms with van der Waals surface area (Å²) >= 11 is 4.95. The maximum atomic E-state index is 13.0. The van der Waals surface area contributed by atoms with Gasteiger partial charge in [0.2, 0.25) is 0 Å². The van der Waals surface area contributed by atoms with Crippen LogP contribution in [0.5, 0.6) is 5.75 Å². The standard InChI is InChI=1S/C11H14FNO2S/c1-7(2)15-11(16)13-9-6-8(12)4-5-10(9)14-3/h4-7H,1-3H3,(H,13,16). The summed E-state index contributed by atoms with van der Waals surface area (Å²) in [5, 5.41) is 2.97. The summed E-state index contributed by atoms with van der Waals surface area (Å²) in [6, 6.07) is 4.14. The first-order valence-electron chi connectivity index (χ1n) is 4.84. The first kappa shape index (κ1) is 12.7. The molecule has 0 unspecified atom stereocenters. The van der Waals surface area contributed by atoms with Gasteiger partial charge >= 0.3 is 0 Å². The van der Waals surface area contributed by atoms with Gasteiger partial charge in [-0.25, -0.2) is 4.39 Å². The molecule has 16 heavy (non-hydrogen) atoms. The van der Waals surface area contributed by atoms with E-state index >= 15 is 0 Å². The fraction of sp³-hybridized carbons (Fsp3) is 0.364. The second-order valence-electron chi connectivity index (χ2n) is 3.42. The highest BCUT2D eigenvalue weighted by atomic mass is 32.1. The molecule has 0 saturated heterocycles. The monoisotopic (exact) mass is 243 g/mol. The second-order valence-corrected chi connectivity index (χ2v) is 3.79. The normalized spacial score (nSPS) is 10.1. The summed E-state index contributed by atoms with van der Waals surface area (Å²) in [7, 11) is 1.50. The molecule has 1 rings (SSSR count). The minimum atomic E-state index is -0.365. The molecule has 0 aliphatic heterocycles. The van der Waals surface area contributed by atoms with E-state index in [9.17, 15) is 4.39 Å². The largest absolute Gasteiger partial charge is 0.495 e. The van der Waals surface area contributed by atoms with Crippen molar-refractivity contribution in [1.82, 2.24) is 0 Å². The first-order chi connectivity index (χ1) is 7.52. The van der Waals surface area contributed by atoms with Gasteiger partial charge in [0.05, 0.1) is 18.9 Å². The number of methoxy groups -OCH3 is 1. The molecule has 0 aliphatic carbocycles. The van der Waals surface area contributed by atoms with Crippen LogP contribution in [-0.4, -0.2) is 18.4 Å². The number of hydrogen-bond acceptors (Lipinski definition) is 3. The Balaban J connectivity index is 2.79. The Morgan fingerprint density at radius 2 is 2.12 bits per heavy atom. The van der Waals surface area contributed by atoms with Gasteiger partial charge in [0.25, 0.3) is 5.17 Å². The minimum Gasteiger partial charge on any atom is -0.495 e. The zero-order valence-electron chi connectivity index (χ0n) is 9.41. The van der Waals surface area contributed by atoms with Crippen LogP contribution in [0.2, 0.25) is 0 Å². The van der Waals surface area contributed by atoms with E-state index in [1.807, 2.05) is 13.8 Å². The van der Waals surface area contributed by atoms with Gasteiger partial charge in [0.1, 0.15) is 11.6 Å². The molecule has 0 aromatic heterocycles. The van der Waals surface area contributed by atoms with Crippen molar-refractivity contribution in [2.75, 3.05) is 12.4 Å². The lowest BCUT2D eigenvalue weighted by molar-refractivity contribution is 0.234. The maximum absolute atomic E-state index is 13.0. The molecule has 0 bridgehead atoms. The van der Waals surface area contributed by atoms with Gasteiger partial charge in [-0.1, -0.05) is 0 Å². The molecule has 5 heteroatoms. The Kier molecular flexibility index (Phi) is 4.49. The zero-order valence-corrected chi connectivity index (χ0v) is 10.2. The van der Waals surface area contributed by atoms with Crippen LogP contribution in [0.15, 0.2) is 18.2 Å². The number of halogens is 1. The van der Waals surface area contributed by atoms with Gasteiger partial charge in [-0.3, -0.25) is 0 Å². The Hall–Kier alpha value is -1.36. The topological polar surface area (TPSA) is 30.5 Å². The van der Waals surface area contributed by atoms with E-state index in [4.69, 9.17) is 21.7 Å². The van der Waals surface area contributed by atoms with Crippen molar-refractivity contribution in [3.63, 3.8) is 0 Å². The molecule has 0 aliphatic rings. The van der Waals surface area contributed by atoms with Crippen LogP contribution >= 0.6 is 12.2 Å². The van der Waals surface area contributed by atoms with Gasteiger partial charge in [0.15, 0.2) is 0 Å². The predicted molar refractivity (Wildman–Crippen MR) is 65.4 cm³/mol. The molecule has 3 nitrogen and oxygen atoms in total. The highest BCUT2D eigenvalue weighted by Crippen LogP contribution is 2.25. The molecule has 0 amide bonds. The molecular formula is C11H14FNO2S. The molecule has 0 heterocycles. The van der Waals surface area contributed by atoms with Gasteiger partial charge in [-0.15, -0.1) is 0 Å². The van der Waals surface area contributed by atoms with E-state index in [-0.39, 0.29) is 17.1 Å². The van der Waals surface area contributed by atoms with Crippen molar-refractivity contribution in [3.05, 3.63) is 24.0 Å². The molecule has 0 saturated carbocycles. The summed E-state index contributed by atoms with van der Waals surface area (Å²) in [6.45, 7) is 3.72. The van der Waals surface area contributed by atoms with Crippen LogP contribution in [0.3, 0.4) is 0 Å². The van der Waals surface area contributed by atoms with Gasteiger partial charge in [-0.05, 0) is 38.2 Å². The molecule has 0 spiro atoms. The lowest BCUT2D eigenvalue weighted by atomic mass is 10.3. The Bertz CT molecular complexity index is 382. The van der Waals surface area contributed by atoms with E-state index in [0.717, 1.165) is 0 Å². The Labute approximate surface area is 99.6 Å². The third-order valence-corrected chi connectivity index (χ3v) is 1.94. The number of thiocarbonyl (C=S) groups is 1. The molecule has 1 N–H and O–H groups in total. The molecule has 0 radical (unpaired) electrons. The number of hydrogen-bond donors (Lipinski definition) is 1. The Morgan fingerprint density at radius 1 is 1.44 bits per heavy atom. The smallest absolute Gasteiger partial charge is 0.261 e. The van der Waals surface area contributed by atoms with Gasteiger partial charge in [-0.2, -0.15) is 0 Å². The highest BCUT2D eigenvalue weighted by Gasteiger charge is 2.07. The number of ether oxygens (including phenoxy) is 2. The van der Waals surface area contributed by atoms with Crippen molar-refractivity contribution in [2.24, 2.45) is 0 Å². The molecule has 0 fully saturated rings. The quantitative estimate of drug-likeness (QED) is 0.827. The summed E-state index contributed by atoms with van der Waals surface area (Å²) in [5.41, 5.74) is 0.452. The van der Waals surface area contributed by atoms with Gasteiger partial charge in [0, 0.05) is 6.07 Å². The van der Waals surface area contributed by atoms with Crippen LogP contribution in [0.4, 0.5) is 10.1 Å². The Morgan fingerprint density at radius 3 is 2.69 bits per heavy atom. The number of benzene rings is 1. The van der Waals surface area contributed by atoms with Gasteiger partial charge < -0.3 is 14.8 Å². The summed E-state index contributed by atoms with van der Waals surface area (Å²) in [6.07, 6.45) is -0.0282. The summed E-state index contributed by atoms with van der Waals surface area (Å²) in [5.74, 6) is 0.145. The van der Waals surface area contributed by atoms with Crippen molar-refractivity contribution in [1.29, 1.82) is 0 Å². The van der Waals surface area contributed by atoms with Crippen LogP contribution in [-0.2, 0) is 4.74 Å². The third-order valence-electron chi connectivity index (χ3n) is 1.74. The highest BCUT2D eigenvalue weighted by molar-refractivity contribution is 7.80. The van der Waals surface area contributed by atoms with Crippen LogP contribution in [0.25, 0.3) is 0 Å². The first-order valence-corrected chi connectivity index (χ1v) is 5.25. The SMILES string of the molecule is COc1ccc(F)cc1NC(=S)OC(C)C. The molecule has 88 valence electrons.